The summed E-state index contributed by atoms with van der Waals surface area (Å²) >= 11 is 0. The normalized spacial score (nSPS) is 10.8. The van der Waals surface area contributed by atoms with Gasteiger partial charge >= 0.3 is 11.8 Å². The molecule has 136 valence electrons. The second kappa shape index (κ2) is 8.66. The lowest BCUT2D eigenvalue weighted by molar-refractivity contribution is -0.136. The van der Waals surface area contributed by atoms with Gasteiger partial charge in [0.25, 0.3) is 0 Å². The van der Waals surface area contributed by atoms with Gasteiger partial charge in [0, 0.05) is 5.69 Å². The highest BCUT2D eigenvalue weighted by Gasteiger charge is 2.13. The molecule has 2 rings (SSSR count). The Kier molecular flexibility index (Phi) is 6.32. The molecule has 0 radical (unpaired) electrons. The molecule has 0 fully saturated rings. The molecule has 0 bridgehead atoms. The number of hydrogen-bond acceptors (Lipinski definition) is 5. The van der Waals surface area contributed by atoms with Crippen LogP contribution in [0.25, 0.3) is 0 Å². The molecule has 3 N–H and O–H groups in total. The lowest BCUT2D eigenvalue weighted by atomic mass is 10.0. The first kappa shape index (κ1) is 19.0. The molecule has 0 heterocycles. The lowest BCUT2D eigenvalue weighted by Crippen LogP contribution is -2.32. The number of carbonyl (C=O) groups excluding carboxylic acids is 2. The summed E-state index contributed by atoms with van der Waals surface area (Å²) < 4.78 is 4.98. The molecule has 26 heavy (non-hydrogen) atoms. The van der Waals surface area contributed by atoms with Gasteiger partial charge in [0.15, 0.2) is 11.5 Å². The maximum absolute atomic E-state index is 11.9. The number of hydrazone groups is 1. The molecular weight excluding hydrogens is 334 g/mol. The van der Waals surface area contributed by atoms with Gasteiger partial charge in [-0.05, 0) is 47.4 Å². The average Bonchev–Trinajstić information content (AvgIpc) is 2.63. The summed E-state index contributed by atoms with van der Waals surface area (Å²) in [5.74, 6) is -1.04. The number of phenolic OH excluding ortho intramolecular Hbond substituents is 1. The molecule has 0 unspecified atom stereocenters. The Bertz CT molecular complexity index is 814. The molecule has 0 saturated heterocycles. The van der Waals surface area contributed by atoms with Gasteiger partial charge in [-0.3, -0.25) is 9.59 Å². The van der Waals surface area contributed by atoms with E-state index in [1.807, 2.05) is 12.1 Å². The molecular formula is C19H21N3O4. The smallest absolute Gasteiger partial charge is 0.329 e. The van der Waals surface area contributed by atoms with Crippen LogP contribution in [-0.4, -0.2) is 30.2 Å². The Labute approximate surface area is 151 Å². The van der Waals surface area contributed by atoms with Crippen LogP contribution in [0.15, 0.2) is 47.6 Å². The van der Waals surface area contributed by atoms with Crippen molar-refractivity contribution in [2.24, 2.45) is 5.10 Å². The van der Waals surface area contributed by atoms with Crippen LogP contribution in [0.2, 0.25) is 0 Å². The lowest BCUT2D eigenvalue weighted by Gasteiger charge is -2.07. The van der Waals surface area contributed by atoms with Crippen molar-refractivity contribution in [2.45, 2.75) is 19.8 Å². The maximum atomic E-state index is 11.9. The number of aromatic hydroxyl groups is 1. The zero-order valence-corrected chi connectivity index (χ0v) is 14.8. The standard InChI is InChI=1S/C19H21N3O4/c1-12(2)14-5-7-15(8-6-14)21-18(24)19(25)22-20-11-13-4-9-16(23)17(10-13)26-3/h4-12,23H,1-3H3,(H,21,24)(H,22,25)/b20-11-. The average molecular weight is 355 g/mol. The van der Waals surface area contributed by atoms with E-state index in [1.54, 1.807) is 24.3 Å². The van der Waals surface area contributed by atoms with Crippen molar-refractivity contribution in [1.29, 1.82) is 0 Å². The molecule has 0 saturated carbocycles. The molecule has 2 amide bonds. The summed E-state index contributed by atoms with van der Waals surface area (Å²) in [5.41, 5.74) is 4.41. The van der Waals surface area contributed by atoms with Crippen molar-refractivity contribution in [3.8, 4) is 11.5 Å². The zero-order valence-electron chi connectivity index (χ0n) is 14.8. The predicted molar refractivity (Wildman–Crippen MR) is 99.6 cm³/mol. The number of nitrogens with one attached hydrogen (secondary N) is 2. The number of ether oxygens (including phenoxy) is 1. The quantitative estimate of drug-likeness (QED) is 0.436. The molecule has 7 nitrogen and oxygen atoms in total. The Morgan fingerprint density at radius 1 is 1.12 bits per heavy atom. The van der Waals surface area contributed by atoms with E-state index in [0.717, 1.165) is 5.56 Å². The van der Waals surface area contributed by atoms with Crippen LogP contribution in [0.3, 0.4) is 0 Å². The molecule has 0 aromatic heterocycles. The summed E-state index contributed by atoms with van der Waals surface area (Å²) in [4.78, 5) is 23.7. The molecule has 0 spiro atoms. The zero-order chi connectivity index (χ0) is 19.1. The number of nitrogens with zero attached hydrogens (tertiary/aromatic N) is 1. The van der Waals surface area contributed by atoms with Gasteiger partial charge < -0.3 is 15.2 Å². The topological polar surface area (TPSA) is 100 Å². The van der Waals surface area contributed by atoms with Crippen LogP contribution in [0.5, 0.6) is 11.5 Å². The van der Waals surface area contributed by atoms with E-state index >= 15 is 0 Å². The van der Waals surface area contributed by atoms with Crippen molar-refractivity contribution in [2.75, 3.05) is 12.4 Å². The number of anilines is 1. The fourth-order valence-electron chi connectivity index (χ4n) is 2.13. The number of amides is 2. The Balaban J connectivity index is 1.91. The van der Waals surface area contributed by atoms with Crippen LogP contribution in [0.1, 0.15) is 30.9 Å². The van der Waals surface area contributed by atoms with E-state index in [4.69, 9.17) is 4.74 Å². The molecule has 0 atom stereocenters. The van der Waals surface area contributed by atoms with E-state index in [1.165, 1.54) is 19.4 Å². The summed E-state index contributed by atoms with van der Waals surface area (Å²) in [7, 11) is 1.43. The summed E-state index contributed by atoms with van der Waals surface area (Å²) in [6.45, 7) is 4.14. The van der Waals surface area contributed by atoms with E-state index in [2.05, 4.69) is 29.7 Å². The largest absolute Gasteiger partial charge is 0.504 e. The van der Waals surface area contributed by atoms with Gasteiger partial charge in [0.1, 0.15) is 0 Å². The van der Waals surface area contributed by atoms with E-state index in [-0.39, 0.29) is 11.5 Å². The van der Waals surface area contributed by atoms with Crippen LogP contribution in [0.4, 0.5) is 5.69 Å². The Morgan fingerprint density at radius 2 is 1.81 bits per heavy atom. The van der Waals surface area contributed by atoms with Gasteiger partial charge in [-0.25, -0.2) is 5.43 Å². The van der Waals surface area contributed by atoms with Crippen molar-refractivity contribution >= 4 is 23.7 Å². The van der Waals surface area contributed by atoms with Gasteiger partial charge in [-0.15, -0.1) is 0 Å². The number of hydrogen-bond donors (Lipinski definition) is 3. The highest BCUT2D eigenvalue weighted by molar-refractivity contribution is 6.39. The summed E-state index contributed by atoms with van der Waals surface area (Å²) in [5, 5.41) is 15.7. The molecule has 7 heteroatoms. The minimum atomic E-state index is -0.889. The van der Waals surface area contributed by atoms with Crippen molar-refractivity contribution in [1.82, 2.24) is 5.43 Å². The SMILES string of the molecule is COc1cc(/C=N\NC(=O)C(=O)Nc2ccc(C(C)C)cc2)ccc1O. The minimum absolute atomic E-state index is 0.00320. The van der Waals surface area contributed by atoms with Crippen molar-refractivity contribution < 1.29 is 19.4 Å². The third-order valence-corrected chi connectivity index (χ3v) is 3.62. The van der Waals surface area contributed by atoms with Crippen molar-refractivity contribution in [3.05, 3.63) is 53.6 Å². The van der Waals surface area contributed by atoms with E-state index in [9.17, 15) is 14.7 Å². The monoisotopic (exact) mass is 355 g/mol. The van der Waals surface area contributed by atoms with Gasteiger partial charge in [-0.1, -0.05) is 26.0 Å². The fourth-order valence-corrected chi connectivity index (χ4v) is 2.13. The Morgan fingerprint density at radius 3 is 2.42 bits per heavy atom. The number of rotatable bonds is 5. The first-order valence-corrected chi connectivity index (χ1v) is 8.02. The molecule has 0 aliphatic heterocycles. The first-order chi connectivity index (χ1) is 12.4. The third-order valence-electron chi connectivity index (χ3n) is 3.62. The second-order valence-corrected chi connectivity index (χ2v) is 5.86. The summed E-state index contributed by atoms with van der Waals surface area (Å²) in [6, 6.07) is 11.9. The number of carbonyl (C=O) groups is 2. The predicted octanol–water partition coefficient (Wildman–Crippen LogP) is 2.61. The van der Waals surface area contributed by atoms with E-state index < -0.39 is 11.8 Å². The molecule has 0 aliphatic rings. The first-order valence-electron chi connectivity index (χ1n) is 8.02. The van der Waals surface area contributed by atoms with Gasteiger partial charge in [0.2, 0.25) is 0 Å². The van der Waals surface area contributed by atoms with Crippen LogP contribution < -0.4 is 15.5 Å². The van der Waals surface area contributed by atoms with E-state index in [0.29, 0.717) is 17.2 Å². The highest BCUT2D eigenvalue weighted by atomic mass is 16.5. The molecule has 2 aromatic carbocycles. The number of benzene rings is 2. The van der Waals surface area contributed by atoms with Crippen LogP contribution >= 0.6 is 0 Å². The van der Waals surface area contributed by atoms with Crippen LogP contribution in [0, 0.1) is 0 Å². The molecule has 0 aliphatic carbocycles. The molecule has 2 aromatic rings. The van der Waals surface area contributed by atoms with Crippen LogP contribution in [-0.2, 0) is 9.59 Å². The fraction of sp³-hybridized carbons (Fsp3) is 0.211. The highest BCUT2D eigenvalue weighted by Crippen LogP contribution is 2.25. The number of phenols is 1. The Hall–Kier alpha value is -3.35. The second-order valence-electron chi connectivity index (χ2n) is 5.86. The third kappa shape index (κ3) is 5.07. The maximum Gasteiger partial charge on any atom is 0.329 e. The summed E-state index contributed by atoms with van der Waals surface area (Å²) in [6.07, 6.45) is 1.34. The van der Waals surface area contributed by atoms with Gasteiger partial charge in [-0.2, -0.15) is 5.10 Å². The minimum Gasteiger partial charge on any atom is -0.504 e. The number of methoxy groups -OCH3 is 1. The van der Waals surface area contributed by atoms with Crippen molar-refractivity contribution in [3.63, 3.8) is 0 Å². The van der Waals surface area contributed by atoms with Gasteiger partial charge in [0.05, 0.1) is 13.3 Å².